The van der Waals surface area contributed by atoms with Crippen LogP contribution in [0.25, 0.3) is 10.8 Å². The van der Waals surface area contributed by atoms with Crippen molar-refractivity contribution in [1.82, 2.24) is 19.6 Å². The van der Waals surface area contributed by atoms with Crippen LogP contribution in [-0.4, -0.2) is 57.6 Å². The molecule has 1 aliphatic heterocycles. The monoisotopic (exact) mass is 362 g/mol. The molecule has 2 amide bonds. The fourth-order valence-corrected chi connectivity index (χ4v) is 3.53. The number of aromatic nitrogens is 2. The molecule has 0 bridgehead atoms. The zero-order chi connectivity index (χ0) is 18.8. The molecule has 0 atom stereocenters. The summed E-state index contributed by atoms with van der Waals surface area (Å²) in [7, 11) is 0. The Labute approximate surface area is 158 Å². The lowest BCUT2D eigenvalue weighted by molar-refractivity contribution is -0.133. The number of fused-ring (bicyclic) bond motifs is 1. The zero-order valence-electron chi connectivity index (χ0n) is 15.3. The normalized spacial score (nSPS) is 14.6. The Balaban J connectivity index is 1.41. The summed E-state index contributed by atoms with van der Waals surface area (Å²) >= 11 is 0. The molecule has 2 heterocycles. The summed E-state index contributed by atoms with van der Waals surface area (Å²) in [6.45, 7) is 4.39. The van der Waals surface area contributed by atoms with Gasteiger partial charge in [0.2, 0.25) is 5.91 Å². The number of carbonyl (C=O) groups is 2. The van der Waals surface area contributed by atoms with Gasteiger partial charge in [-0.1, -0.05) is 36.4 Å². The van der Waals surface area contributed by atoms with Gasteiger partial charge in [-0.15, -0.1) is 0 Å². The Morgan fingerprint density at radius 3 is 2.41 bits per heavy atom. The third kappa shape index (κ3) is 3.56. The summed E-state index contributed by atoms with van der Waals surface area (Å²) in [6.07, 6.45) is 3.60. The summed E-state index contributed by atoms with van der Waals surface area (Å²) < 4.78 is 1.66. The molecule has 3 aromatic rings. The lowest BCUT2D eigenvalue weighted by Gasteiger charge is -2.35. The molecule has 2 aromatic carbocycles. The standard InChI is InChI=1S/C21H22N4O2/c1-16-13-22-25(14-16)15-20(26)23-9-11-24(12-10-23)21(27)19-8-4-6-17-5-2-3-7-18(17)19/h2-8,13-14H,9-12,15H2,1H3. The molecule has 0 spiro atoms. The average molecular weight is 362 g/mol. The van der Waals surface area contributed by atoms with Crippen molar-refractivity contribution in [2.75, 3.05) is 26.2 Å². The van der Waals surface area contributed by atoms with Crippen LogP contribution in [0.1, 0.15) is 15.9 Å². The van der Waals surface area contributed by atoms with Crippen LogP contribution in [0.3, 0.4) is 0 Å². The predicted molar refractivity (Wildman–Crippen MR) is 103 cm³/mol. The lowest BCUT2D eigenvalue weighted by Crippen LogP contribution is -2.51. The minimum absolute atomic E-state index is 0.0293. The second-order valence-corrected chi connectivity index (χ2v) is 6.91. The van der Waals surface area contributed by atoms with Crippen molar-refractivity contribution in [3.8, 4) is 0 Å². The van der Waals surface area contributed by atoms with E-state index in [1.54, 1.807) is 10.9 Å². The highest BCUT2D eigenvalue weighted by Crippen LogP contribution is 2.20. The average Bonchev–Trinajstić information content (AvgIpc) is 3.11. The Hall–Kier alpha value is -3.15. The predicted octanol–water partition coefficient (Wildman–Crippen LogP) is 2.33. The van der Waals surface area contributed by atoms with Crippen molar-refractivity contribution in [2.24, 2.45) is 0 Å². The number of hydrogen-bond donors (Lipinski definition) is 0. The van der Waals surface area contributed by atoms with Crippen molar-refractivity contribution in [1.29, 1.82) is 0 Å². The first kappa shape index (κ1) is 17.3. The molecule has 1 saturated heterocycles. The van der Waals surface area contributed by atoms with Crippen molar-refractivity contribution < 1.29 is 9.59 Å². The van der Waals surface area contributed by atoms with E-state index in [1.165, 1.54) is 0 Å². The van der Waals surface area contributed by atoms with Gasteiger partial charge in [-0.3, -0.25) is 14.3 Å². The molecule has 0 unspecified atom stereocenters. The molecular formula is C21H22N4O2. The van der Waals surface area contributed by atoms with E-state index >= 15 is 0 Å². The Morgan fingerprint density at radius 1 is 0.963 bits per heavy atom. The van der Waals surface area contributed by atoms with Gasteiger partial charge in [0.05, 0.1) is 6.20 Å². The third-order valence-corrected chi connectivity index (χ3v) is 5.00. The molecule has 0 aliphatic carbocycles. The van der Waals surface area contributed by atoms with Gasteiger partial charge in [0.25, 0.3) is 5.91 Å². The number of aryl methyl sites for hydroxylation is 1. The Kier molecular flexibility index (Phi) is 4.62. The highest BCUT2D eigenvalue weighted by atomic mass is 16.2. The maximum absolute atomic E-state index is 13.0. The molecule has 0 N–H and O–H groups in total. The molecule has 27 heavy (non-hydrogen) atoms. The fraction of sp³-hybridized carbons (Fsp3) is 0.286. The highest BCUT2D eigenvalue weighted by molar-refractivity contribution is 6.07. The van der Waals surface area contributed by atoms with Crippen molar-refractivity contribution in [3.63, 3.8) is 0 Å². The number of rotatable bonds is 3. The van der Waals surface area contributed by atoms with Crippen LogP contribution in [-0.2, 0) is 11.3 Å². The van der Waals surface area contributed by atoms with Gasteiger partial charge < -0.3 is 9.80 Å². The molecule has 6 heteroatoms. The van der Waals surface area contributed by atoms with E-state index in [0.717, 1.165) is 21.9 Å². The molecule has 138 valence electrons. The molecule has 0 radical (unpaired) electrons. The number of amides is 2. The number of hydrogen-bond acceptors (Lipinski definition) is 3. The quantitative estimate of drug-likeness (QED) is 0.719. The van der Waals surface area contributed by atoms with Crippen LogP contribution in [0.15, 0.2) is 54.9 Å². The highest BCUT2D eigenvalue weighted by Gasteiger charge is 2.25. The number of piperazine rings is 1. The maximum Gasteiger partial charge on any atom is 0.254 e. The molecule has 6 nitrogen and oxygen atoms in total. The lowest BCUT2D eigenvalue weighted by atomic mass is 10.0. The van der Waals surface area contributed by atoms with E-state index < -0.39 is 0 Å². The second kappa shape index (κ2) is 7.23. The van der Waals surface area contributed by atoms with Gasteiger partial charge in [-0.2, -0.15) is 5.10 Å². The first-order valence-electron chi connectivity index (χ1n) is 9.16. The summed E-state index contributed by atoms with van der Waals surface area (Å²) in [5.74, 6) is 0.0666. The minimum atomic E-state index is 0.0293. The summed E-state index contributed by atoms with van der Waals surface area (Å²) in [5.41, 5.74) is 1.76. The van der Waals surface area contributed by atoms with Crippen LogP contribution < -0.4 is 0 Å². The van der Waals surface area contributed by atoms with Crippen LogP contribution in [0, 0.1) is 6.92 Å². The van der Waals surface area contributed by atoms with Gasteiger partial charge >= 0.3 is 0 Å². The van der Waals surface area contributed by atoms with Gasteiger partial charge in [0.15, 0.2) is 0 Å². The van der Waals surface area contributed by atoms with Crippen LogP contribution in [0.5, 0.6) is 0 Å². The summed E-state index contributed by atoms with van der Waals surface area (Å²) in [6, 6.07) is 13.7. The smallest absolute Gasteiger partial charge is 0.254 e. The van der Waals surface area contributed by atoms with Crippen LogP contribution in [0.2, 0.25) is 0 Å². The molecule has 1 aromatic heterocycles. The van der Waals surface area contributed by atoms with E-state index in [1.807, 2.05) is 65.4 Å². The maximum atomic E-state index is 13.0. The summed E-state index contributed by atoms with van der Waals surface area (Å²) in [4.78, 5) is 29.1. The van der Waals surface area contributed by atoms with Crippen LogP contribution >= 0.6 is 0 Å². The SMILES string of the molecule is Cc1cnn(CC(=O)N2CCN(C(=O)c3cccc4ccccc34)CC2)c1. The van der Waals surface area contributed by atoms with Gasteiger partial charge in [0, 0.05) is 37.9 Å². The van der Waals surface area contributed by atoms with E-state index in [-0.39, 0.29) is 18.4 Å². The van der Waals surface area contributed by atoms with Gasteiger partial charge in [-0.25, -0.2) is 0 Å². The first-order valence-corrected chi connectivity index (χ1v) is 9.16. The topological polar surface area (TPSA) is 58.4 Å². The molecule has 1 aliphatic rings. The number of benzene rings is 2. The molecule has 1 fully saturated rings. The molecule has 4 rings (SSSR count). The van der Waals surface area contributed by atoms with Crippen molar-refractivity contribution >= 4 is 22.6 Å². The Morgan fingerprint density at radius 2 is 1.67 bits per heavy atom. The second-order valence-electron chi connectivity index (χ2n) is 6.91. The first-order chi connectivity index (χ1) is 13.1. The van der Waals surface area contributed by atoms with Crippen LogP contribution in [0.4, 0.5) is 0 Å². The Bertz CT molecular complexity index is 981. The third-order valence-electron chi connectivity index (χ3n) is 5.00. The van der Waals surface area contributed by atoms with Crippen molar-refractivity contribution in [2.45, 2.75) is 13.5 Å². The van der Waals surface area contributed by atoms with E-state index in [4.69, 9.17) is 0 Å². The van der Waals surface area contributed by atoms with E-state index in [0.29, 0.717) is 26.2 Å². The van der Waals surface area contributed by atoms with Gasteiger partial charge in [0.1, 0.15) is 6.54 Å². The van der Waals surface area contributed by atoms with E-state index in [2.05, 4.69) is 5.10 Å². The molecular weight excluding hydrogens is 340 g/mol. The van der Waals surface area contributed by atoms with E-state index in [9.17, 15) is 9.59 Å². The number of nitrogens with zero attached hydrogens (tertiary/aromatic N) is 4. The zero-order valence-corrected chi connectivity index (χ0v) is 15.3. The van der Waals surface area contributed by atoms with Gasteiger partial charge in [-0.05, 0) is 29.3 Å². The van der Waals surface area contributed by atoms with Crippen molar-refractivity contribution in [3.05, 3.63) is 66.0 Å². The fourth-order valence-electron chi connectivity index (χ4n) is 3.53. The minimum Gasteiger partial charge on any atom is -0.338 e. The molecule has 0 saturated carbocycles. The largest absolute Gasteiger partial charge is 0.338 e. The summed E-state index contributed by atoms with van der Waals surface area (Å²) in [5, 5.41) is 6.20. The number of carbonyl (C=O) groups excluding carboxylic acids is 2.